The molecule has 0 saturated carbocycles. The molecule has 0 radical (unpaired) electrons. The number of hydrogen-bond acceptors (Lipinski definition) is 1. The van der Waals surface area contributed by atoms with Crippen molar-refractivity contribution in [1.29, 1.82) is 0 Å². The van der Waals surface area contributed by atoms with Crippen LogP contribution >= 0.6 is 0 Å². The van der Waals surface area contributed by atoms with Crippen LogP contribution in [0.3, 0.4) is 0 Å². The summed E-state index contributed by atoms with van der Waals surface area (Å²) in [4.78, 5) is 0. The zero-order valence-electron chi connectivity index (χ0n) is 8.12. The fourth-order valence-corrected chi connectivity index (χ4v) is 1.92. The SMILES string of the molecule is CCCC1Cc2ccccc2CO1. The largest absolute Gasteiger partial charge is 0.373 e. The first-order chi connectivity index (χ1) is 6.40. The molecule has 0 spiro atoms. The van der Waals surface area contributed by atoms with Gasteiger partial charge in [-0.3, -0.25) is 0 Å². The van der Waals surface area contributed by atoms with Crippen LogP contribution in [0.5, 0.6) is 0 Å². The Labute approximate surface area is 79.7 Å². The minimum atomic E-state index is 0.458. The second-order valence-corrected chi connectivity index (χ2v) is 3.69. The Balaban J connectivity index is 2.11. The molecule has 1 aliphatic rings. The predicted octanol–water partition coefficient (Wildman–Crippen LogP) is 2.93. The van der Waals surface area contributed by atoms with Gasteiger partial charge in [0.05, 0.1) is 12.7 Å². The Morgan fingerprint density at radius 1 is 1.31 bits per heavy atom. The molecule has 0 bridgehead atoms. The van der Waals surface area contributed by atoms with E-state index < -0.39 is 0 Å². The topological polar surface area (TPSA) is 9.23 Å². The Morgan fingerprint density at radius 3 is 2.85 bits per heavy atom. The highest BCUT2D eigenvalue weighted by molar-refractivity contribution is 5.28. The highest BCUT2D eigenvalue weighted by Gasteiger charge is 2.17. The molecular formula is C12H16O. The molecule has 13 heavy (non-hydrogen) atoms. The Kier molecular flexibility index (Phi) is 2.65. The number of rotatable bonds is 2. The van der Waals surface area contributed by atoms with Crippen LogP contribution < -0.4 is 0 Å². The van der Waals surface area contributed by atoms with Gasteiger partial charge in [-0.2, -0.15) is 0 Å². The third kappa shape index (κ3) is 1.92. The van der Waals surface area contributed by atoms with Gasteiger partial charge < -0.3 is 4.74 Å². The number of ether oxygens (including phenoxy) is 1. The second kappa shape index (κ2) is 3.93. The summed E-state index contributed by atoms with van der Waals surface area (Å²) in [6.07, 6.45) is 3.96. The molecular weight excluding hydrogens is 160 g/mol. The third-order valence-corrected chi connectivity index (χ3v) is 2.65. The molecule has 70 valence electrons. The number of fused-ring (bicyclic) bond motifs is 1. The van der Waals surface area contributed by atoms with Crippen LogP contribution in [-0.2, 0) is 17.8 Å². The number of hydrogen-bond donors (Lipinski definition) is 0. The molecule has 1 heterocycles. The summed E-state index contributed by atoms with van der Waals surface area (Å²) >= 11 is 0. The van der Waals surface area contributed by atoms with Gasteiger partial charge in [-0.1, -0.05) is 37.6 Å². The lowest BCUT2D eigenvalue weighted by Gasteiger charge is -2.24. The predicted molar refractivity (Wildman–Crippen MR) is 53.6 cm³/mol. The van der Waals surface area contributed by atoms with Crippen molar-refractivity contribution < 1.29 is 4.74 Å². The summed E-state index contributed by atoms with van der Waals surface area (Å²) < 4.78 is 5.74. The van der Waals surface area contributed by atoms with Crippen molar-refractivity contribution in [2.24, 2.45) is 0 Å². The maximum atomic E-state index is 5.74. The fraction of sp³-hybridized carbons (Fsp3) is 0.500. The summed E-state index contributed by atoms with van der Waals surface area (Å²) in [5.41, 5.74) is 2.85. The lowest BCUT2D eigenvalue weighted by molar-refractivity contribution is 0.0229. The molecule has 1 atom stereocenters. The van der Waals surface area contributed by atoms with E-state index in [9.17, 15) is 0 Å². The van der Waals surface area contributed by atoms with Crippen molar-refractivity contribution in [1.82, 2.24) is 0 Å². The van der Waals surface area contributed by atoms with Gasteiger partial charge in [0.1, 0.15) is 0 Å². The van der Waals surface area contributed by atoms with E-state index in [4.69, 9.17) is 4.74 Å². The van der Waals surface area contributed by atoms with Gasteiger partial charge in [0.25, 0.3) is 0 Å². The van der Waals surface area contributed by atoms with Crippen LogP contribution in [0.4, 0.5) is 0 Å². The quantitative estimate of drug-likeness (QED) is 0.673. The van der Waals surface area contributed by atoms with Crippen LogP contribution in [-0.4, -0.2) is 6.10 Å². The minimum Gasteiger partial charge on any atom is -0.373 e. The van der Waals surface area contributed by atoms with Crippen molar-refractivity contribution in [2.45, 2.75) is 38.9 Å². The van der Waals surface area contributed by atoms with Gasteiger partial charge in [0.15, 0.2) is 0 Å². The molecule has 0 fully saturated rings. The van der Waals surface area contributed by atoms with Gasteiger partial charge >= 0.3 is 0 Å². The smallest absolute Gasteiger partial charge is 0.0723 e. The molecule has 1 nitrogen and oxygen atoms in total. The van der Waals surface area contributed by atoms with Gasteiger partial charge in [-0.25, -0.2) is 0 Å². The third-order valence-electron chi connectivity index (χ3n) is 2.65. The summed E-state index contributed by atoms with van der Waals surface area (Å²) in [6.45, 7) is 3.02. The van der Waals surface area contributed by atoms with Gasteiger partial charge in [-0.05, 0) is 24.0 Å². The van der Waals surface area contributed by atoms with E-state index in [1.807, 2.05) is 0 Å². The van der Waals surface area contributed by atoms with Crippen molar-refractivity contribution in [3.8, 4) is 0 Å². The molecule has 1 unspecified atom stereocenters. The average Bonchev–Trinajstić information content (AvgIpc) is 2.18. The minimum absolute atomic E-state index is 0.458. The van der Waals surface area contributed by atoms with Crippen molar-refractivity contribution in [2.75, 3.05) is 0 Å². The first kappa shape index (κ1) is 8.76. The lowest BCUT2D eigenvalue weighted by atomic mass is 9.97. The summed E-state index contributed by atoms with van der Waals surface area (Å²) in [5.74, 6) is 0. The first-order valence-electron chi connectivity index (χ1n) is 5.08. The Bertz CT molecular complexity index is 280. The Hall–Kier alpha value is -0.820. The molecule has 1 heteroatoms. The van der Waals surface area contributed by atoms with Gasteiger partial charge in [-0.15, -0.1) is 0 Å². The second-order valence-electron chi connectivity index (χ2n) is 3.69. The van der Waals surface area contributed by atoms with Gasteiger partial charge in [0.2, 0.25) is 0 Å². The van der Waals surface area contributed by atoms with E-state index in [1.54, 1.807) is 0 Å². The molecule has 1 aromatic rings. The van der Waals surface area contributed by atoms with Crippen molar-refractivity contribution in [3.63, 3.8) is 0 Å². The molecule has 0 N–H and O–H groups in total. The van der Waals surface area contributed by atoms with Crippen molar-refractivity contribution in [3.05, 3.63) is 35.4 Å². The molecule has 0 aliphatic carbocycles. The monoisotopic (exact) mass is 176 g/mol. The highest BCUT2D eigenvalue weighted by Crippen LogP contribution is 2.22. The van der Waals surface area contributed by atoms with Crippen molar-refractivity contribution >= 4 is 0 Å². The Morgan fingerprint density at radius 2 is 2.08 bits per heavy atom. The zero-order chi connectivity index (χ0) is 9.10. The lowest BCUT2D eigenvalue weighted by Crippen LogP contribution is -2.21. The van der Waals surface area contributed by atoms with E-state index in [1.165, 1.54) is 24.0 Å². The molecule has 0 amide bonds. The van der Waals surface area contributed by atoms with Crippen LogP contribution in [0, 0.1) is 0 Å². The number of benzene rings is 1. The maximum Gasteiger partial charge on any atom is 0.0723 e. The molecule has 2 rings (SSSR count). The molecule has 1 aliphatic heterocycles. The van der Waals surface area contributed by atoms with E-state index in [0.717, 1.165) is 13.0 Å². The normalized spacial score (nSPS) is 21.2. The molecule has 1 aromatic carbocycles. The maximum absolute atomic E-state index is 5.74. The summed E-state index contributed by atoms with van der Waals surface area (Å²) in [5, 5.41) is 0. The first-order valence-corrected chi connectivity index (χ1v) is 5.08. The van der Waals surface area contributed by atoms with Crippen LogP contribution in [0.2, 0.25) is 0 Å². The van der Waals surface area contributed by atoms with Crippen LogP contribution in [0.15, 0.2) is 24.3 Å². The van der Waals surface area contributed by atoms with Crippen LogP contribution in [0.1, 0.15) is 30.9 Å². The van der Waals surface area contributed by atoms with Crippen LogP contribution in [0.25, 0.3) is 0 Å². The van der Waals surface area contributed by atoms with E-state index in [0.29, 0.717) is 6.10 Å². The summed E-state index contributed by atoms with van der Waals surface area (Å²) in [6, 6.07) is 8.59. The standard InChI is InChI=1S/C12H16O/c1-2-5-12-8-10-6-3-4-7-11(10)9-13-12/h3-4,6-7,12H,2,5,8-9H2,1H3. The highest BCUT2D eigenvalue weighted by atomic mass is 16.5. The average molecular weight is 176 g/mol. The van der Waals surface area contributed by atoms with E-state index >= 15 is 0 Å². The summed E-state index contributed by atoms with van der Waals surface area (Å²) in [7, 11) is 0. The van der Waals surface area contributed by atoms with Gasteiger partial charge in [0, 0.05) is 0 Å². The van der Waals surface area contributed by atoms with E-state index in [2.05, 4.69) is 31.2 Å². The fourth-order valence-electron chi connectivity index (χ4n) is 1.92. The molecule has 0 saturated heterocycles. The zero-order valence-corrected chi connectivity index (χ0v) is 8.12. The van der Waals surface area contributed by atoms with E-state index in [-0.39, 0.29) is 0 Å². The molecule has 0 aromatic heterocycles.